The van der Waals surface area contributed by atoms with E-state index in [2.05, 4.69) is 0 Å². The summed E-state index contributed by atoms with van der Waals surface area (Å²) in [7, 11) is 1.58. The number of thioether (sulfide) groups is 1. The molecule has 0 aromatic heterocycles. The van der Waals surface area contributed by atoms with Crippen LogP contribution in [0, 0.1) is 0 Å². The summed E-state index contributed by atoms with van der Waals surface area (Å²) in [5.74, 6) is 0.559. The molecule has 1 heterocycles. The number of carboxylic acids is 1. The molecule has 5 heteroatoms. The molecule has 0 aliphatic carbocycles. The topological polar surface area (TPSA) is 57.6 Å². The molecule has 0 saturated carbocycles. The van der Waals surface area contributed by atoms with Gasteiger partial charge in [0.15, 0.2) is 0 Å². The number of nitrogens with zero attached hydrogens (tertiary/aromatic N) is 1. The Bertz CT molecular complexity index is 248. The monoisotopic (exact) mass is 217 g/mol. The molecule has 1 saturated heterocycles. The first-order valence-electron chi connectivity index (χ1n) is 4.56. The quantitative estimate of drug-likeness (QED) is 0.744. The van der Waals surface area contributed by atoms with Crippen LogP contribution in [0.15, 0.2) is 0 Å². The standard InChI is InChI=1S/C9H15NO3S/c1-7(11)10(2)9(8(12)13)3-5-14-6-4-9/h3-6H2,1-2H3,(H,12,13). The molecule has 0 aromatic carbocycles. The molecule has 0 atom stereocenters. The highest BCUT2D eigenvalue weighted by atomic mass is 32.2. The molecular weight excluding hydrogens is 202 g/mol. The Morgan fingerprint density at radius 2 is 1.86 bits per heavy atom. The van der Waals surface area contributed by atoms with E-state index < -0.39 is 11.5 Å². The maximum atomic E-state index is 11.2. The predicted molar refractivity (Wildman–Crippen MR) is 55.4 cm³/mol. The third-order valence-corrected chi connectivity index (χ3v) is 3.82. The predicted octanol–water partition coefficient (Wildman–Crippen LogP) is 0.815. The largest absolute Gasteiger partial charge is 0.479 e. The van der Waals surface area contributed by atoms with Crippen LogP contribution in [0.2, 0.25) is 0 Å². The summed E-state index contributed by atoms with van der Waals surface area (Å²) in [6, 6.07) is 0. The molecule has 1 aliphatic rings. The van der Waals surface area contributed by atoms with Crippen LogP contribution >= 0.6 is 11.8 Å². The molecule has 1 N–H and O–H groups in total. The zero-order chi connectivity index (χ0) is 10.8. The van der Waals surface area contributed by atoms with Gasteiger partial charge < -0.3 is 10.0 Å². The van der Waals surface area contributed by atoms with Gasteiger partial charge in [-0.15, -0.1) is 0 Å². The second-order valence-electron chi connectivity index (χ2n) is 3.53. The first kappa shape index (κ1) is 11.4. The van der Waals surface area contributed by atoms with E-state index >= 15 is 0 Å². The molecule has 80 valence electrons. The number of carbonyl (C=O) groups excluding carboxylic acids is 1. The second kappa shape index (κ2) is 4.21. The van der Waals surface area contributed by atoms with Gasteiger partial charge in [-0.1, -0.05) is 0 Å². The summed E-state index contributed by atoms with van der Waals surface area (Å²) in [6.07, 6.45) is 1.09. The van der Waals surface area contributed by atoms with Crippen molar-refractivity contribution in [3.8, 4) is 0 Å². The number of likely N-dealkylation sites (N-methyl/N-ethyl adjacent to an activating group) is 1. The van der Waals surface area contributed by atoms with Crippen molar-refractivity contribution in [1.29, 1.82) is 0 Å². The summed E-state index contributed by atoms with van der Waals surface area (Å²) < 4.78 is 0. The molecular formula is C9H15NO3S. The van der Waals surface area contributed by atoms with Gasteiger partial charge in [-0.05, 0) is 24.3 Å². The van der Waals surface area contributed by atoms with E-state index in [0.29, 0.717) is 12.8 Å². The van der Waals surface area contributed by atoms with Gasteiger partial charge in [-0.3, -0.25) is 4.79 Å². The van der Waals surface area contributed by atoms with Crippen molar-refractivity contribution in [2.45, 2.75) is 25.3 Å². The Morgan fingerprint density at radius 3 is 2.21 bits per heavy atom. The van der Waals surface area contributed by atoms with Crippen molar-refractivity contribution in [3.63, 3.8) is 0 Å². The number of hydrogen-bond donors (Lipinski definition) is 1. The zero-order valence-electron chi connectivity index (χ0n) is 8.45. The lowest BCUT2D eigenvalue weighted by atomic mass is 9.90. The minimum atomic E-state index is -0.961. The third kappa shape index (κ3) is 1.87. The first-order chi connectivity index (χ1) is 6.50. The van der Waals surface area contributed by atoms with Gasteiger partial charge in [0, 0.05) is 14.0 Å². The first-order valence-corrected chi connectivity index (χ1v) is 5.72. The van der Waals surface area contributed by atoms with Crippen molar-refractivity contribution in [2.24, 2.45) is 0 Å². The Kier molecular flexibility index (Phi) is 3.42. The highest BCUT2D eigenvalue weighted by Crippen LogP contribution is 2.32. The summed E-state index contributed by atoms with van der Waals surface area (Å²) in [4.78, 5) is 23.8. The summed E-state index contributed by atoms with van der Waals surface area (Å²) in [5, 5.41) is 9.20. The van der Waals surface area contributed by atoms with Crippen LogP contribution in [-0.2, 0) is 9.59 Å². The summed E-state index contributed by atoms with van der Waals surface area (Å²) in [5.41, 5.74) is -0.961. The van der Waals surface area contributed by atoms with Crippen molar-refractivity contribution in [3.05, 3.63) is 0 Å². The highest BCUT2D eigenvalue weighted by molar-refractivity contribution is 7.99. The molecule has 14 heavy (non-hydrogen) atoms. The van der Waals surface area contributed by atoms with E-state index in [-0.39, 0.29) is 5.91 Å². The molecule has 1 rings (SSSR count). The van der Waals surface area contributed by atoms with Crippen LogP contribution in [-0.4, -0.2) is 46.0 Å². The molecule has 0 unspecified atom stereocenters. The number of aliphatic carboxylic acids is 1. The Hall–Kier alpha value is -0.710. The molecule has 0 aromatic rings. The molecule has 0 bridgehead atoms. The van der Waals surface area contributed by atoms with Crippen LogP contribution in [0.3, 0.4) is 0 Å². The van der Waals surface area contributed by atoms with Crippen molar-refractivity contribution in [1.82, 2.24) is 4.90 Å². The molecule has 0 spiro atoms. The van der Waals surface area contributed by atoms with E-state index in [1.807, 2.05) is 0 Å². The fourth-order valence-electron chi connectivity index (χ4n) is 1.70. The van der Waals surface area contributed by atoms with Gasteiger partial charge in [-0.25, -0.2) is 4.79 Å². The SMILES string of the molecule is CC(=O)N(C)C1(C(=O)O)CCSCC1. The van der Waals surface area contributed by atoms with Crippen LogP contribution in [0.25, 0.3) is 0 Å². The lowest BCUT2D eigenvalue weighted by molar-refractivity contribution is -0.157. The zero-order valence-corrected chi connectivity index (χ0v) is 9.26. The number of amides is 1. The summed E-state index contributed by atoms with van der Waals surface area (Å²) in [6.45, 7) is 1.41. The minimum Gasteiger partial charge on any atom is -0.479 e. The number of hydrogen-bond acceptors (Lipinski definition) is 3. The molecule has 1 amide bonds. The van der Waals surface area contributed by atoms with E-state index in [9.17, 15) is 14.7 Å². The number of rotatable bonds is 2. The number of carboxylic acid groups (broad SMARTS) is 1. The lowest BCUT2D eigenvalue weighted by Gasteiger charge is -2.40. The average molecular weight is 217 g/mol. The second-order valence-corrected chi connectivity index (χ2v) is 4.75. The molecule has 4 nitrogen and oxygen atoms in total. The third-order valence-electron chi connectivity index (χ3n) is 2.83. The maximum Gasteiger partial charge on any atom is 0.329 e. The summed E-state index contributed by atoms with van der Waals surface area (Å²) >= 11 is 1.74. The number of carbonyl (C=O) groups is 2. The van der Waals surface area contributed by atoms with Crippen molar-refractivity contribution in [2.75, 3.05) is 18.6 Å². The van der Waals surface area contributed by atoms with Gasteiger partial charge >= 0.3 is 5.97 Å². The minimum absolute atomic E-state index is 0.181. The fraction of sp³-hybridized carbons (Fsp3) is 0.778. The van der Waals surface area contributed by atoms with E-state index in [1.165, 1.54) is 11.8 Å². The van der Waals surface area contributed by atoms with Crippen LogP contribution < -0.4 is 0 Å². The van der Waals surface area contributed by atoms with Crippen LogP contribution in [0.5, 0.6) is 0 Å². The molecule has 0 radical (unpaired) electrons. The van der Waals surface area contributed by atoms with E-state index in [4.69, 9.17) is 0 Å². The van der Waals surface area contributed by atoms with Crippen molar-refractivity contribution >= 4 is 23.6 Å². The van der Waals surface area contributed by atoms with Crippen LogP contribution in [0.4, 0.5) is 0 Å². The normalized spacial score (nSPS) is 20.1. The van der Waals surface area contributed by atoms with Crippen molar-refractivity contribution < 1.29 is 14.7 Å². The smallest absolute Gasteiger partial charge is 0.329 e. The van der Waals surface area contributed by atoms with Gasteiger partial charge in [0.05, 0.1) is 0 Å². The Balaban J connectivity index is 2.90. The Morgan fingerprint density at radius 1 is 1.36 bits per heavy atom. The average Bonchev–Trinajstić information content (AvgIpc) is 2.17. The van der Waals surface area contributed by atoms with Gasteiger partial charge in [-0.2, -0.15) is 11.8 Å². The molecule has 1 aliphatic heterocycles. The van der Waals surface area contributed by atoms with E-state index in [1.54, 1.807) is 18.8 Å². The van der Waals surface area contributed by atoms with Gasteiger partial charge in [0.25, 0.3) is 0 Å². The van der Waals surface area contributed by atoms with Gasteiger partial charge in [0.1, 0.15) is 5.54 Å². The van der Waals surface area contributed by atoms with Crippen LogP contribution in [0.1, 0.15) is 19.8 Å². The highest BCUT2D eigenvalue weighted by Gasteiger charge is 2.44. The Labute approximate surface area is 87.7 Å². The lowest BCUT2D eigenvalue weighted by Crippen LogP contribution is -2.56. The maximum absolute atomic E-state index is 11.2. The fourth-order valence-corrected chi connectivity index (χ4v) is 2.87. The van der Waals surface area contributed by atoms with Gasteiger partial charge in [0.2, 0.25) is 5.91 Å². The molecule has 1 fully saturated rings. The van der Waals surface area contributed by atoms with E-state index in [0.717, 1.165) is 11.5 Å².